The van der Waals surface area contributed by atoms with Crippen molar-refractivity contribution in [3.63, 3.8) is 0 Å². The summed E-state index contributed by atoms with van der Waals surface area (Å²) in [5.74, 6) is -0.334. The molecule has 1 atom stereocenters. The van der Waals surface area contributed by atoms with E-state index in [1.807, 2.05) is 36.9 Å². The van der Waals surface area contributed by atoms with Gasteiger partial charge in [0.05, 0.1) is 23.3 Å². The molecule has 150 valence electrons. The van der Waals surface area contributed by atoms with Crippen LogP contribution < -0.4 is 10.6 Å². The Morgan fingerprint density at radius 2 is 2.21 bits per heavy atom. The van der Waals surface area contributed by atoms with Gasteiger partial charge >= 0.3 is 0 Å². The fourth-order valence-electron chi connectivity index (χ4n) is 3.11. The van der Waals surface area contributed by atoms with Crippen molar-refractivity contribution in [1.29, 1.82) is 0 Å². The first-order chi connectivity index (χ1) is 13.9. The smallest absolute Gasteiger partial charge is 0.249 e. The number of halogens is 2. The summed E-state index contributed by atoms with van der Waals surface area (Å²) in [6, 6.07) is 2.85. The summed E-state index contributed by atoms with van der Waals surface area (Å²) in [7, 11) is 0. The molecule has 0 saturated heterocycles. The molecule has 1 amide bonds. The maximum Gasteiger partial charge on any atom is 0.249 e. The van der Waals surface area contributed by atoms with Gasteiger partial charge in [0.2, 0.25) is 5.91 Å². The van der Waals surface area contributed by atoms with Gasteiger partial charge in [-0.1, -0.05) is 17.7 Å². The topological polar surface area (TPSA) is 87.4 Å². The number of allylic oxidation sites excluding steroid dienone is 1. The van der Waals surface area contributed by atoms with E-state index in [0.717, 1.165) is 6.20 Å². The SMILES string of the molecule is CC(C)n1ccc(NC2=CC(Cl)=NN3C2=CCC3C(=O)Nc2ccncc2F)n1. The van der Waals surface area contributed by atoms with Gasteiger partial charge in [0.1, 0.15) is 6.04 Å². The summed E-state index contributed by atoms with van der Waals surface area (Å²) in [5, 5.41) is 16.3. The van der Waals surface area contributed by atoms with E-state index < -0.39 is 11.9 Å². The average Bonchev–Trinajstić information content (AvgIpc) is 3.30. The lowest BCUT2D eigenvalue weighted by Gasteiger charge is -2.28. The van der Waals surface area contributed by atoms with Crippen LogP contribution in [0.2, 0.25) is 0 Å². The molecular weight excluding hydrogens is 397 g/mol. The van der Waals surface area contributed by atoms with Crippen LogP contribution in [0.5, 0.6) is 0 Å². The van der Waals surface area contributed by atoms with Crippen molar-refractivity contribution in [2.75, 3.05) is 10.6 Å². The summed E-state index contributed by atoms with van der Waals surface area (Å²) >= 11 is 6.19. The highest BCUT2D eigenvalue weighted by molar-refractivity contribution is 6.68. The van der Waals surface area contributed by atoms with Gasteiger partial charge in [0.15, 0.2) is 16.8 Å². The number of amides is 1. The highest BCUT2D eigenvalue weighted by atomic mass is 35.5. The molecule has 8 nitrogen and oxygen atoms in total. The Kier molecular flexibility index (Phi) is 5.06. The Balaban J connectivity index is 1.51. The van der Waals surface area contributed by atoms with Crippen LogP contribution in [0, 0.1) is 5.82 Å². The molecular formula is C19H19ClFN7O. The lowest BCUT2D eigenvalue weighted by atomic mass is 10.2. The molecule has 2 aromatic heterocycles. The Hall–Kier alpha value is -3.20. The van der Waals surface area contributed by atoms with E-state index in [1.165, 1.54) is 12.3 Å². The highest BCUT2D eigenvalue weighted by Crippen LogP contribution is 2.33. The zero-order valence-corrected chi connectivity index (χ0v) is 16.6. The van der Waals surface area contributed by atoms with Crippen molar-refractivity contribution in [3.8, 4) is 0 Å². The van der Waals surface area contributed by atoms with E-state index >= 15 is 0 Å². The van der Waals surface area contributed by atoms with Gasteiger partial charge in [-0.3, -0.25) is 14.5 Å². The number of hydrazone groups is 1. The van der Waals surface area contributed by atoms with Crippen LogP contribution in [-0.4, -0.2) is 36.9 Å². The molecule has 0 radical (unpaired) electrons. The summed E-state index contributed by atoms with van der Waals surface area (Å²) in [4.78, 5) is 16.4. The largest absolute Gasteiger partial charge is 0.337 e. The number of carbonyl (C=O) groups excluding carboxylic acids is 1. The number of pyridine rings is 1. The van der Waals surface area contributed by atoms with Gasteiger partial charge < -0.3 is 10.6 Å². The molecule has 2 aliphatic heterocycles. The van der Waals surface area contributed by atoms with Crippen molar-refractivity contribution in [2.24, 2.45) is 5.10 Å². The molecule has 4 heterocycles. The molecule has 2 aliphatic rings. The van der Waals surface area contributed by atoms with Crippen molar-refractivity contribution in [1.82, 2.24) is 19.8 Å². The molecule has 2 N–H and O–H groups in total. The zero-order chi connectivity index (χ0) is 20.5. The average molecular weight is 416 g/mol. The minimum Gasteiger partial charge on any atom is -0.337 e. The van der Waals surface area contributed by atoms with Gasteiger partial charge in [-0.05, 0) is 26.3 Å². The van der Waals surface area contributed by atoms with Crippen molar-refractivity contribution < 1.29 is 9.18 Å². The van der Waals surface area contributed by atoms with Crippen LogP contribution in [0.4, 0.5) is 15.9 Å². The Morgan fingerprint density at radius 3 is 2.93 bits per heavy atom. The van der Waals surface area contributed by atoms with Crippen LogP contribution in [0.1, 0.15) is 26.3 Å². The number of hydrogen-bond donors (Lipinski definition) is 2. The number of fused-ring (bicyclic) bond motifs is 1. The summed E-state index contributed by atoms with van der Waals surface area (Å²) in [5.41, 5.74) is 1.46. The third-order valence-electron chi connectivity index (χ3n) is 4.55. The molecule has 0 saturated carbocycles. The predicted molar refractivity (Wildman–Crippen MR) is 109 cm³/mol. The van der Waals surface area contributed by atoms with E-state index in [-0.39, 0.29) is 22.8 Å². The molecule has 1 unspecified atom stereocenters. The normalized spacial score (nSPS) is 18.2. The van der Waals surface area contributed by atoms with Crippen molar-refractivity contribution in [2.45, 2.75) is 32.4 Å². The number of nitrogens with zero attached hydrogens (tertiary/aromatic N) is 5. The quantitative estimate of drug-likeness (QED) is 0.780. The number of rotatable bonds is 5. The molecule has 0 aliphatic carbocycles. The Morgan fingerprint density at radius 1 is 1.38 bits per heavy atom. The fourth-order valence-corrected chi connectivity index (χ4v) is 3.30. The predicted octanol–water partition coefficient (Wildman–Crippen LogP) is 3.46. The molecule has 0 aromatic carbocycles. The third-order valence-corrected chi connectivity index (χ3v) is 4.74. The summed E-state index contributed by atoms with van der Waals surface area (Å²) < 4.78 is 15.6. The number of carbonyl (C=O) groups is 1. The number of anilines is 2. The maximum absolute atomic E-state index is 13.8. The summed E-state index contributed by atoms with van der Waals surface area (Å²) in [6.45, 7) is 4.08. The molecule has 0 fully saturated rings. The van der Waals surface area contributed by atoms with Gasteiger partial charge in [-0.2, -0.15) is 10.2 Å². The van der Waals surface area contributed by atoms with Gasteiger partial charge in [0.25, 0.3) is 0 Å². The molecule has 0 bridgehead atoms. The molecule has 0 spiro atoms. The van der Waals surface area contributed by atoms with E-state index in [4.69, 9.17) is 11.6 Å². The van der Waals surface area contributed by atoms with Crippen LogP contribution in [-0.2, 0) is 4.79 Å². The highest BCUT2D eigenvalue weighted by Gasteiger charge is 2.36. The Bertz CT molecular complexity index is 1040. The molecule has 29 heavy (non-hydrogen) atoms. The van der Waals surface area contributed by atoms with Gasteiger partial charge in [-0.15, -0.1) is 0 Å². The lowest BCUT2D eigenvalue weighted by Crippen LogP contribution is -2.39. The number of aromatic nitrogens is 3. The standard InChI is InChI=1S/C19H19ClFN7O/c1-11(2)27-8-6-18(26-27)23-14-9-17(20)25-28-15(14)3-4-16(28)19(29)24-13-5-7-22-10-12(13)21/h3,5-11,16H,4H2,1-2H3,(H,23,26)(H,22,24,29). The first-order valence-electron chi connectivity index (χ1n) is 9.10. The second-order valence-electron chi connectivity index (χ2n) is 6.91. The van der Waals surface area contributed by atoms with Crippen LogP contribution >= 0.6 is 11.6 Å². The monoisotopic (exact) mass is 415 g/mol. The van der Waals surface area contributed by atoms with Crippen LogP contribution in [0.15, 0.2) is 59.4 Å². The Labute approximate surface area is 171 Å². The molecule has 4 rings (SSSR count). The minimum absolute atomic E-state index is 0.0682. The van der Waals surface area contributed by atoms with E-state index in [2.05, 4.69) is 25.8 Å². The number of nitrogens with one attached hydrogen (secondary N) is 2. The van der Waals surface area contributed by atoms with E-state index in [1.54, 1.807) is 11.1 Å². The van der Waals surface area contributed by atoms with E-state index in [9.17, 15) is 9.18 Å². The minimum atomic E-state index is -0.648. The second-order valence-corrected chi connectivity index (χ2v) is 7.30. The second kappa shape index (κ2) is 7.67. The zero-order valence-electron chi connectivity index (χ0n) is 15.8. The molecule has 2 aromatic rings. The van der Waals surface area contributed by atoms with Crippen LogP contribution in [0.25, 0.3) is 0 Å². The van der Waals surface area contributed by atoms with Gasteiger partial charge in [0, 0.05) is 30.6 Å². The molecule has 10 heteroatoms. The first-order valence-corrected chi connectivity index (χ1v) is 9.48. The lowest BCUT2D eigenvalue weighted by molar-refractivity contribution is -0.120. The maximum atomic E-state index is 13.8. The number of hydrogen-bond acceptors (Lipinski definition) is 6. The fraction of sp³-hybridized carbons (Fsp3) is 0.263. The summed E-state index contributed by atoms with van der Waals surface area (Å²) in [6.07, 6.45) is 8.31. The van der Waals surface area contributed by atoms with Crippen LogP contribution in [0.3, 0.4) is 0 Å². The van der Waals surface area contributed by atoms with E-state index in [0.29, 0.717) is 23.6 Å². The first kappa shape index (κ1) is 19.1. The van der Waals surface area contributed by atoms with Crippen molar-refractivity contribution >= 4 is 34.2 Å². The van der Waals surface area contributed by atoms with Crippen molar-refractivity contribution in [3.05, 3.63) is 60.1 Å². The van der Waals surface area contributed by atoms with Gasteiger partial charge in [-0.25, -0.2) is 9.40 Å². The third kappa shape index (κ3) is 3.86.